The topological polar surface area (TPSA) is 74.6 Å². The second-order valence-electron chi connectivity index (χ2n) is 10.7. The number of amides is 2. The summed E-state index contributed by atoms with van der Waals surface area (Å²) < 4.78 is 1.74. The summed E-state index contributed by atoms with van der Waals surface area (Å²) in [5, 5.41) is 8.78. The number of hydrogen-bond donors (Lipinski definition) is 0. The molecule has 0 bridgehead atoms. The molecule has 0 N–H and O–H groups in total. The number of aromatic nitrogens is 3. The number of allylic oxidation sites excluding steroid dienone is 1. The van der Waals surface area contributed by atoms with Crippen LogP contribution in [-0.4, -0.2) is 86.6 Å². The molecule has 0 unspecified atom stereocenters. The third-order valence-electron chi connectivity index (χ3n) is 7.97. The normalized spacial score (nSPS) is 16.4. The van der Waals surface area contributed by atoms with E-state index in [9.17, 15) is 9.59 Å². The summed E-state index contributed by atoms with van der Waals surface area (Å²) in [4.78, 5) is 36.6. The van der Waals surface area contributed by atoms with Crippen LogP contribution in [0.15, 0.2) is 54.0 Å². The van der Waals surface area contributed by atoms with E-state index in [2.05, 4.69) is 9.88 Å². The van der Waals surface area contributed by atoms with E-state index in [0.29, 0.717) is 57.6 Å². The fraction of sp³-hybridized carbons (Fsp3) is 0.290. The highest BCUT2D eigenvalue weighted by Gasteiger charge is 2.39. The van der Waals surface area contributed by atoms with E-state index in [4.69, 9.17) is 39.9 Å². The van der Waals surface area contributed by atoms with Gasteiger partial charge in [0.15, 0.2) is 10.7 Å². The third kappa shape index (κ3) is 6.10. The number of hydrogen-bond acceptors (Lipinski definition) is 6. The maximum Gasteiger partial charge on any atom is 0.282 e. The molecule has 0 saturated carbocycles. The van der Waals surface area contributed by atoms with Crippen molar-refractivity contribution in [2.75, 3.05) is 39.3 Å². The first-order valence-corrected chi connectivity index (χ1v) is 15.9. The first-order chi connectivity index (χ1) is 20.7. The van der Waals surface area contributed by atoms with Gasteiger partial charge in [-0.05, 0) is 61.4 Å². The van der Waals surface area contributed by atoms with E-state index < -0.39 is 0 Å². The van der Waals surface area contributed by atoms with Gasteiger partial charge in [0.05, 0.1) is 16.4 Å². The SMILES string of the molecule is C/C(=C\c1ccc(Cl)cc1)c1c(C)c(C(=O)N2CC(N3CCN(C(=O)c4nccs4)CC3)C2)nn1-c1ccc(Cl)cc1Cl. The highest BCUT2D eigenvalue weighted by atomic mass is 35.5. The minimum atomic E-state index is -0.115. The number of carbonyl (C=O) groups is 2. The second-order valence-corrected chi connectivity index (χ2v) is 12.9. The molecule has 6 rings (SSSR count). The lowest BCUT2D eigenvalue weighted by Crippen LogP contribution is -2.64. The van der Waals surface area contributed by atoms with Crippen LogP contribution in [0.2, 0.25) is 15.1 Å². The van der Waals surface area contributed by atoms with Gasteiger partial charge in [0.2, 0.25) is 0 Å². The molecule has 8 nitrogen and oxygen atoms in total. The van der Waals surface area contributed by atoms with Crippen LogP contribution < -0.4 is 0 Å². The molecule has 0 aliphatic carbocycles. The van der Waals surface area contributed by atoms with Crippen LogP contribution in [-0.2, 0) is 0 Å². The molecule has 12 heteroatoms. The van der Waals surface area contributed by atoms with Gasteiger partial charge in [-0.3, -0.25) is 14.5 Å². The van der Waals surface area contributed by atoms with Crippen LogP contribution >= 0.6 is 46.1 Å². The monoisotopic (exact) mass is 654 g/mol. The molecule has 0 spiro atoms. The number of carbonyl (C=O) groups excluding carboxylic acids is 2. The van der Waals surface area contributed by atoms with Gasteiger partial charge in [0.25, 0.3) is 11.8 Å². The number of piperazine rings is 1. The molecule has 2 saturated heterocycles. The Morgan fingerprint density at radius 3 is 2.28 bits per heavy atom. The van der Waals surface area contributed by atoms with E-state index in [-0.39, 0.29) is 17.9 Å². The van der Waals surface area contributed by atoms with Gasteiger partial charge in [-0.2, -0.15) is 5.10 Å². The lowest BCUT2D eigenvalue weighted by molar-refractivity contribution is 0.00817. The van der Waals surface area contributed by atoms with Gasteiger partial charge < -0.3 is 9.80 Å². The highest BCUT2D eigenvalue weighted by Crippen LogP contribution is 2.32. The molecular formula is C31H29Cl3N6O2S. The summed E-state index contributed by atoms with van der Waals surface area (Å²) in [5.41, 5.74) is 4.49. The van der Waals surface area contributed by atoms with Crippen LogP contribution in [0, 0.1) is 6.92 Å². The molecule has 2 aromatic heterocycles. The summed E-state index contributed by atoms with van der Waals surface area (Å²) in [7, 11) is 0. The predicted octanol–water partition coefficient (Wildman–Crippen LogP) is 6.44. The molecule has 4 heterocycles. The second kappa shape index (κ2) is 12.4. The summed E-state index contributed by atoms with van der Waals surface area (Å²) in [6.07, 6.45) is 3.69. The average molecular weight is 656 g/mol. The number of nitrogens with zero attached hydrogens (tertiary/aromatic N) is 6. The number of benzene rings is 2. The fourth-order valence-electron chi connectivity index (χ4n) is 5.62. The lowest BCUT2D eigenvalue weighted by atomic mass is 10.0. The smallest absolute Gasteiger partial charge is 0.282 e. The van der Waals surface area contributed by atoms with Crippen molar-refractivity contribution < 1.29 is 9.59 Å². The number of halogens is 3. The Bertz CT molecular complexity index is 1690. The van der Waals surface area contributed by atoms with Crippen molar-refractivity contribution in [3.8, 4) is 5.69 Å². The minimum absolute atomic E-state index is 0.0110. The van der Waals surface area contributed by atoms with Gasteiger partial charge in [0.1, 0.15) is 0 Å². The van der Waals surface area contributed by atoms with Crippen molar-refractivity contribution in [1.82, 2.24) is 29.5 Å². The number of rotatable bonds is 6. The van der Waals surface area contributed by atoms with Crippen molar-refractivity contribution in [3.63, 3.8) is 0 Å². The van der Waals surface area contributed by atoms with E-state index in [1.54, 1.807) is 23.0 Å². The largest absolute Gasteiger partial charge is 0.334 e. The zero-order valence-corrected chi connectivity index (χ0v) is 26.7. The van der Waals surface area contributed by atoms with E-state index in [1.165, 1.54) is 11.3 Å². The summed E-state index contributed by atoms with van der Waals surface area (Å²) in [5.74, 6) is -0.126. The molecule has 0 radical (unpaired) electrons. The number of thiazole rings is 1. The zero-order chi connectivity index (χ0) is 30.2. The molecular weight excluding hydrogens is 627 g/mol. The minimum Gasteiger partial charge on any atom is -0.334 e. The van der Waals surface area contributed by atoms with Crippen LogP contribution in [0.1, 0.15) is 44.0 Å². The summed E-state index contributed by atoms with van der Waals surface area (Å²) in [6, 6.07) is 13.1. The maximum atomic E-state index is 13.8. The van der Waals surface area contributed by atoms with E-state index >= 15 is 0 Å². The Morgan fingerprint density at radius 2 is 1.63 bits per heavy atom. The van der Waals surface area contributed by atoms with Gasteiger partial charge in [-0.1, -0.05) is 46.9 Å². The highest BCUT2D eigenvalue weighted by molar-refractivity contribution is 7.11. The first kappa shape index (κ1) is 29.8. The molecule has 2 amide bonds. The van der Waals surface area contributed by atoms with Crippen molar-refractivity contribution in [1.29, 1.82) is 0 Å². The predicted molar refractivity (Wildman–Crippen MR) is 173 cm³/mol. The molecule has 222 valence electrons. The first-order valence-electron chi connectivity index (χ1n) is 13.9. The van der Waals surface area contributed by atoms with Crippen LogP contribution in [0.5, 0.6) is 0 Å². The lowest BCUT2D eigenvalue weighted by Gasteiger charge is -2.47. The third-order valence-corrected chi connectivity index (χ3v) is 9.52. The van der Waals surface area contributed by atoms with Gasteiger partial charge in [-0.15, -0.1) is 11.3 Å². The number of likely N-dealkylation sites (tertiary alicyclic amines) is 1. The van der Waals surface area contributed by atoms with Crippen LogP contribution in [0.3, 0.4) is 0 Å². The Hall–Kier alpha value is -3.21. The van der Waals surface area contributed by atoms with Crippen LogP contribution in [0.25, 0.3) is 17.3 Å². The average Bonchev–Trinajstić information content (AvgIpc) is 3.62. The summed E-state index contributed by atoms with van der Waals surface area (Å²) in [6.45, 7) is 7.98. The Balaban J connectivity index is 1.20. The molecule has 2 aliphatic rings. The Labute approximate surface area is 269 Å². The molecule has 0 atom stereocenters. The Morgan fingerprint density at radius 1 is 0.930 bits per heavy atom. The van der Waals surface area contributed by atoms with Crippen molar-refractivity contribution in [3.05, 3.63) is 96.6 Å². The van der Waals surface area contributed by atoms with Crippen molar-refractivity contribution >= 4 is 69.6 Å². The van der Waals surface area contributed by atoms with Gasteiger partial charge in [0, 0.05) is 72.5 Å². The van der Waals surface area contributed by atoms with Gasteiger partial charge >= 0.3 is 0 Å². The fourth-order valence-corrected chi connectivity index (χ4v) is 6.84. The molecule has 2 aliphatic heterocycles. The molecule has 4 aromatic rings. The van der Waals surface area contributed by atoms with Crippen molar-refractivity contribution in [2.45, 2.75) is 19.9 Å². The molecule has 2 aromatic carbocycles. The quantitative estimate of drug-likeness (QED) is 0.239. The van der Waals surface area contributed by atoms with Crippen molar-refractivity contribution in [2.24, 2.45) is 0 Å². The van der Waals surface area contributed by atoms with E-state index in [0.717, 1.165) is 35.5 Å². The summed E-state index contributed by atoms with van der Waals surface area (Å²) >= 11 is 20.3. The maximum absolute atomic E-state index is 13.8. The Kier molecular flexibility index (Phi) is 8.62. The molecule has 2 fully saturated rings. The molecule has 43 heavy (non-hydrogen) atoms. The zero-order valence-electron chi connectivity index (χ0n) is 23.6. The van der Waals surface area contributed by atoms with E-state index in [1.807, 2.05) is 65.4 Å². The van der Waals surface area contributed by atoms with Crippen LogP contribution in [0.4, 0.5) is 0 Å². The standard InChI is InChI=1S/C31H29Cl3N6O2S/c1-19(15-21-3-5-22(32)6-4-21)28-20(2)27(36-40(28)26-8-7-23(33)16-25(26)34)30(41)39-17-24(18-39)37-10-12-38(13-11-37)31(42)29-35-9-14-43-29/h3-9,14-16,24H,10-13,17-18H2,1-2H3/b19-15+. The van der Waals surface area contributed by atoms with Gasteiger partial charge in [-0.25, -0.2) is 9.67 Å².